The first-order chi connectivity index (χ1) is 15.5. The fourth-order valence-corrected chi connectivity index (χ4v) is 3.94. The molecule has 0 heterocycles. The van der Waals surface area contributed by atoms with Gasteiger partial charge in [0, 0.05) is 12.5 Å². The molecule has 0 saturated heterocycles. The zero-order valence-corrected chi connectivity index (χ0v) is 21.5. The third-order valence-electron chi connectivity index (χ3n) is 6.01. The minimum Gasteiger partial charge on any atom is -0.462 e. The highest BCUT2D eigenvalue weighted by atomic mass is 16.5. The zero-order chi connectivity index (χ0) is 23.9. The minimum atomic E-state index is -0.359. The van der Waals surface area contributed by atoms with Gasteiger partial charge in [-0.1, -0.05) is 104 Å². The highest BCUT2D eigenvalue weighted by Crippen LogP contribution is 2.16. The second kappa shape index (κ2) is 23.1. The average molecular weight is 456 g/mol. The summed E-state index contributed by atoms with van der Waals surface area (Å²) in [5.74, 6) is -0.335. The number of nitrogens with one attached hydrogen (secondary N) is 1. The Morgan fingerprint density at radius 2 is 1.22 bits per heavy atom. The molecular formula is C27H53NO4. The van der Waals surface area contributed by atoms with Gasteiger partial charge in [-0.15, -0.1) is 0 Å². The van der Waals surface area contributed by atoms with Crippen molar-refractivity contribution < 1.29 is 19.4 Å². The summed E-state index contributed by atoms with van der Waals surface area (Å²) in [5.41, 5.74) is 0. The first-order valence-corrected chi connectivity index (χ1v) is 13.6. The number of hydrogen-bond acceptors (Lipinski definition) is 4. The number of esters is 1. The lowest BCUT2D eigenvalue weighted by molar-refractivity contribution is -0.151. The lowest BCUT2D eigenvalue weighted by Gasteiger charge is -2.19. The van der Waals surface area contributed by atoms with Crippen molar-refractivity contribution in [2.75, 3.05) is 6.61 Å². The van der Waals surface area contributed by atoms with Crippen LogP contribution in [0.15, 0.2) is 0 Å². The minimum absolute atomic E-state index is 0.0906. The van der Waals surface area contributed by atoms with Crippen LogP contribution in [0.2, 0.25) is 0 Å². The molecule has 0 fully saturated rings. The monoisotopic (exact) mass is 455 g/mol. The van der Waals surface area contributed by atoms with Crippen molar-refractivity contribution in [1.82, 2.24) is 5.32 Å². The first-order valence-electron chi connectivity index (χ1n) is 13.6. The van der Waals surface area contributed by atoms with Gasteiger partial charge >= 0.3 is 5.97 Å². The number of carbonyl (C=O) groups excluding carboxylic acids is 2. The number of ether oxygens (including phenoxy) is 1. The molecule has 0 bridgehead atoms. The van der Waals surface area contributed by atoms with E-state index in [0.717, 1.165) is 32.1 Å². The molecule has 1 amide bonds. The van der Waals surface area contributed by atoms with Gasteiger partial charge in [0.05, 0.1) is 13.0 Å². The molecule has 2 N–H and O–H groups in total. The Kier molecular flexibility index (Phi) is 22.3. The molecule has 0 rings (SSSR count). The van der Waals surface area contributed by atoms with Crippen LogP contribution < -0.4 is 5.32 Å². The molecular weight excluding hydrogens is 402 g/mol. The Balaban J connectivity index is 4.19. The number of hydrogen-bond donors (Lipinski definition) is 2. The van der Waals surface area contributed by atoms with Crippen LogP contribution in [0.5, 0.6) is 0 Å². The molecule has 0 aliphatic heterocycles. The van der Waals surface area contributed by atoms with Crippen LogP contribution in [0.4, 0.5) is 0 Å². The first kappa shape index (κ1) is 30.9. The topological polar surface area (TPSA) is 75.6 Å². The van der Waals surface area contributed by atoms with Crippen LogP contribution >= 0.6 is 0 Å². The molecule has 0 unspecified atom stereocenters. The Labute approximate surface area is 198 Å². The summed E-state index contributed by atoms with van der Waals surface area (Å²) in [6.07, 6.45) is 20.3. The van der Waals surface area contributed by atoms with Gasteiger partial charge in [-0.25, -0.2) is 0 Å². The van der Waals surface area contributed by atoms with Crippen molar-refractivity contribution in [2.45, 2.75) is 155 Å². The summed E-state index contributed by atoms with van der Waals surface area (Å²) in [6.45, 7) is 6.13. The lowest BCUT2D eigenvalue weighted by atomic mass is 10.0. The summed E-state index contributed by atoms with van der Waals surface area (Å²) >= 11 is 0. The fourth-order valence-electron chi connectivity index (χ4n) is 3.94. The predicted octanol–water partition coefficient (Wildman–Crippen LogP) is 6.85. The maximum Gasteiger partial charge on any atom is 0.306 e. The molecule has 0 aromatic heterocycles. The largest absolute Gasteiger partial charge is 0.462 e. The van der Waals surface area contributed by atoms with Crippen molar-refractivity contribution in [1.29, 1.82) is 0 Å². The smallest absolute Gasteiger partial charge is 0.306 e. The molecule has 5 nitrogen and oxygen atoms in total. The van der Waals surface area contributed by atoms with E-state index in [4.69, 9.17) is 9.84 Å². The number of aliphatic hydroxyl groups is 1. The summed E-state index contributed by atoms with van der Waals surface area (Å²) in [4.78, 5) is 24.6. The van der Waals surface area contributed by atoms with E-state index in [9.17, 15) is 9.59 Å². The van der Waals surface area contributed by atoms with Gasteiger partial charge < -0.3 is 15.2 Å². The second-order valence-corrected chi connectivity index (χ2v) is 9.46. The number of unbranched alkanes of at least 4 members (excludes halogenated alkanes) is 14. The molecule has 2 atom stereocenters. The second-order valence-electron chi connectivity index (χ2n) is 9.46. The third kappa shape index (κ3) is 20.8. The Hall–Kier alpha value is -1.10. The highest BCUT2D eigenvalue weighted by Gasteiger charge is 2.19. The van der Waals surface area contributed by atoms with Crippen molar-refractivity contribution >= 4 is 11.9 Å². The van der Waals surface area contributed by atoms with Gasteiger partial charge in [-0.2, -0.15) is 0 Å². The summed E-state index contributed by atoms with van der Waals surface area (Å²) in [6, 6.07) is -0.278. The van der Waals surface area contributed by atoms with Crippen LogP contribution in [0.1, 0.15) is 143 Å². The molecule has 32 heavy (non-hydrogen) atoms. The average Bonchev–Trinajstić information content (AvgIpc) is 2.77. The Morgan fingerprint density at radius 3 is 1.72 bits per heavy atom. The maximum atomic E-state index is 12.3. The molecule has 0 saturated carbocycles. The molecule has 5 heteroatoms. The van der Waals surface area contributed by atoms with Crippen molar-refractivity contribution in [2.24, 2.45) is 0 Å². The molecule has 0 aliphatic carbocycles. The van der Waals surface area contributed by atoms with Crippen molar-refractivity contribution in [3.8, 4) is 0 Å². The van der Waals surface area contributed by atoms with E-state index in [1.54, 1.807) is 6.92 Å². The summed E-state index contributed by atoms with van der Waals surface area (Å²) < 4.78 is 5.69. The third-order valence-corrected chi connectivity index (χ3v) is 6.01. The standard InChI is InChI=1S/C27H53NO4/c1-4-6-8-10-12-13-15-16-18-20-25(22-26(30)28-24(3)23-29)32-27(31)21-19-17-14-11-9-7-5-2/h24-25,29H,4-23H2,1-3H3,(H,28,30)/t24-,25-/m1/s1. The molecule has 0 aliphatic rings. The van der Waals surface area contributed by atoms with E-state index >= 15 is 0 Å². The van der Waals surface area contributed by atoms with Crippen molar-refractivity contribution in [3.63, 3.8) is 0 Å². The van der Waals surface area contributed by atoms with Crippen LogP contribution in [0, 0.1) is 0 Å². The molecule has 0 aromatic carbocycles. The number of aliphatic hydroxyl groups excluding tert-OH is 1. The zero-order valence-electron chi connectivity index (χ0n) is 21.5. The number of rotatable bonds is 23. The highest BCUT2D eigenvalue weighted by molar-refractivity contribution is 5.77. The van der Waals surface area contributed by atoms with E-state index in [2.05, 4.69) is 19.2 Å². The summed E-state index contributed by atoms with van der Waals surface area (Å²) in [7, 11) is 0. The Bertz CT molecular complexity index is 441. The van der Waals surface area contributed by atoms with Gasteiger partial charge in [0.25, 0.3) is 0 Å². The Morgan fingerprint density at radius 1 is 0.750 bits per heavy atom. The van der Waals surface area contributed by atoms with Crippen molar-refractivity contribution in [3.05, 3.63) is 0 Å². The van der Waals surface area contributed by atoms with E-state index in [1.807, 2.05) is 0 Å². The quantitative estimate of drug-likeness (QED) is 0.130. The van der Waals surface area contributed by atoms with E-state index in [-0.39, 0.29) is 37.0 Å². The fraction of sp³-hybridized carbons (Fsp3) is 0.926. The van der Waals surface area contributed by atoms with Crippen LogP contribution in [-0.2, 0) is 14.3 Å². The maximum absolute atomic E-state index is 12.3. The number of amides is 1. The van der Waals surface area contributed by atoms with Gasteiger partial charge in [0.2, 0.25) is 5.91 Å². The predicted molar refractivity (Wildman–Crippen MR) is 134 cm³/mol. The van der Waals surface area contributed by atoms with Crippen LogP contribution in [0.25, 0.3) is 0 Å². The van der Waals surface area contributed by atoms with Gasteiger partial charge in [-0.3, -0.25) is 9.59 Å². The lowest BCUT2D eigenvalue weighted by Crippen LogP contribution is -2.37. The molecule has 190 valence electrons. The van der Waals surface area contributed by atoms with E-state index in [0.29, 0.717) is 6.42 Å². The van der Waals surface area contributed by atoms with Gasteiger partial charge in [-0.05, 0) is 26.2 Å². The molecule has 0 radical (unpaired) electrons. The normalized spacial score (nSPS) is 13.0. The van der Waals surface area contributed by atoms with Gasteiger partial charge in [0.1, 0.15) is 6.10 Å². The number of carbonyl (C=O) groups is 2. The van der Waals surface area contributed by atoms with Gasteiger partial charge in [0.15, 0.2) is 0 Å². The molecule has 0 spiro atoms. The van der Waals surface area contributed by atoms with E-state index in [1.165, 1.54) is 77.0 Å². The van der Waals surface area contributed by atoms with Crippen LogP contribution in [0.3, 0.4) is 0 Å². The SMILES string of the molecule is CCCCCCCCCCC[C@H](CC(=O)N[C@H](C)CO)OC(=O)CCCCCCCCC. The van der Waals surface area contributed by atoms with Crippen LogP contribution in [-0.4, -0.2) is 35.7 Å². The van der Waals surface area contributed by atoms with E-state index < -0.39 is 0 Å². The summed E-state index contributed by atoms with van der Waals surface area (Å²) in [5, 5.41) is 11.9. The molecule has 0 aromatic rings.